The highest BCUT2D eigenvalue weighted by atomic mass is 79.9. The molecule has 1 nitrogen and oxygen atoms in total. The van der Waals surface area contributed by atoms with Gasteiger partial charge in [-0.1, -0.05) is 46.6 Å². The molecule has 0 aliphatic heterocycles. The number of hydrogen-bond acceptors (Lipinski definition) is 1. The molecule has 1 unspecified atom stereocenters. The Morgan fingerprint density at radius 1 is 1.19 bits per heavy atom. The highest BCUT2D eigenvalue weighted by Gasteiger charge is 2.17. The van der Waals surface area contributed by atoms with Crippen molar-refractivity contribution in [2.24, 2.45) is 0 Å². The SMILES string of the molecule is CCNC(Cc1ccc(Cl)cc1F)c1ccc(F)cc1Br. The van der Waals surface area contributed by atoms with Crippen LogP contribution in [0.25, 0.3) is 0 Å². The Kier molecular flexibility index (Phi) is 5.73. The Morgan fingerprint density at radius 2 is 1.95 bits per heavy atom. The van der Waals surface area contributed by atoms with Gasteiger partial charge < -0.3 is 5.32 Å². The van der Waals surface area contributed by atoms with E-state index in [-0.39, 0.29) is 17.7 Å². The van der Waals surface area contributed by atoms with Gasteiger partial charge in [-0.05, 0) is 48.4 Å². The number of likely N-dealkylation sites (N-methyl/N-ethyl adjacent to an activating group) is 1. The average Bonchev–Trinajstić information content (AvgIpc) is 2.41. The second kappa shape index (κ2) is 7.34. The minimum atomic E-state index is -0.330. The molecule has 112 valence electrons. The van der Waals surface area contributed by atoms with Crippen molar-refractivity contribution in [2.75, 3.05) is 6.54 Å². The largest absolute Gasteiger partial charge is 0.310 e. The highest BCUT2D eigenvalue weighted by Crippen LogP contribution is 2.28. The molecule has 0 heterocycles. The number of nitrogens with one attached hydrogen (secondary N) is 1. The van der Waals surface area contributed by atoms with Crippen LogP contribution in [-0.2, 0) is 6.42 Å². The fourth-order valence-corrected chi connectivity index (χ4v) is 3.02. The van der Waals surface area contributed by atoms with Crippen LogP contribution in [-0.4, -0.2) is 6.54 Å². The van der Waals surface area contributed by atoms with Gasteiger partial charge in [0.05, 0.1) is 0 Å². The van der Waals surface area contributed by atoms with Crippen LogP contribution in [0.5, 0.6) is 0 Å². The van der Waals surface area contributed by atoms with Crippen molar-refractivity contribution < 1.29 is 8.78 Å². The van der Waals surface area contributed by atoms with Crippen LogP contribution in [0.2, 0.25) is 5.02 Å². The minimum Gasteiger partial charge on any atom is -0.310 e. The van der Waals surface area contributed by atoms with Crippen LogP contribution in [0.1, 0.15) is 24.1 Å². The van der Waals surface area contributed by atoms with Crippen molar-refractivity contribution in [1.29, 1.82) is 0 Å². The highest BCUT2D eigenvalue weighted by molar-refractivity contribution is 9.10. The lowest BCUT2D eigenvalue weighted by atomic mass is 9.98. The summed E-state index contributed by atoms with van der Waals surface area (Å²) < 4.78 is 27.8. The molecule has 0 spiro atoms. The van der Waals surface area contributed by atoms with Crippen LogP contribution in [0.15, 0.2) is 40.9 Å². The Hall–Kier alpha value is -0.970. The van der Waals surface area contributed by atoms with Crippen molar-refractivity contribution in [2.45, 2.75) is 19.4 Å². The summed E-state index contributed by atoms with van der Waals surface area (Å²) in [5.74, 6) is -0.637. The quantitative estimate of drug-likeness (QED) is 0.751. The molecule has 0 saturated carbocycles. The number of benzene rings is 2. The van der Waals surface area contributed by atoms with Gasteiger partial charge in [0, 0.05) is 15.5 Å². The van der Waals surface area contributed by atoms with Crippen molar-refractivity contribution in [3.05, 3.63) is 68.7 Å². The Labute approximate surface area is 136 Å². The number of rotatable bonds is 5. The van der Waals surface area contributed by atoms with Crippen molar-refractivity contribution in [3.8, 4) is 0 Å². The van der Waals surface area contributed by atoms with E-state index in [1.54, 1.807) is 18.2 Å². The monoisotopic (exact) mass is 373 g/mol. The maximum absolute atomic E-state index is 13.9. The van der Waals surface area contributed by atoms with E-state index in [1.807, 2.05) is 6.92 Å². The molecule has 0 fully saturated rings. The number of halogens is 4. The molecule has 0 amide bonds. The van der Waals surface area contributed by atoms with Crippen molar-refractivity contribution >= 4 is 27.5 Å². The zero-order valence-corrected chi connectivity index (χ0v) is 13.8. The maximum Gasteiger partial charge on any atom is 0.127 e. The van der Waals surface area contributed by atoms with Gasteiger partial charge in [0.1, 0.15) is 11.6 Å². The lowest BCUT2D eigenvalue weighted by Crippen LogP contribution is -2.23. The smallest absolute Gasteiger partial charge is 0.127 e. The normalized spacial score (nSPS) is 12.4. The van der Waals surface area contributed by atoms with Crippen LogP contribution in [0.3, 0.4) is 0 Å². The molecule has 1 atom stereocenters. The molecule has 1 N–H and O–H groups in total. The molecule has 5 heteroatoms. The van der Waals surface area contributed by atoms with Gasteiger partial charge in [-0.2, -0.15) is 0 Å². The molecule has 0 saturated heterocycles. The second-order valence-electron chi connectivity index (χ2n) is 4.72. The third-order valence-corrected chi connectivity index (χ3v) is 4.15. The summed E-state index contributed by atoms with van der Waals surface area (Å²) in [5, 5.41) is 3.67. The summed E-state index contributed by atoms with van der Waals surface area (Å²) in [7, 11) is 0. The predicted octanol–water partition coefficient (Wildman–Crippen LogP) is 5.27. The van der Waals surface area contributed by atoms with Gasteiger partial charge in [0.15, 0.2) is 0 Å². The fourth-order valence-electron chi connectivity index (χ4n) is 2.23. The van der Waals surface area contributed by atoms with E-state index >= 15 is 0 Å². The van der Waals surface area contributed by atoms with E-state index in [2.05, 4.69) is 21.2 Å². The molecular weight excluding hydrogens is 360 g/mol. The number of hydrogen-bond donors (Lipinski definition) is 1. The Balaban J connectivity index is 2.30. The Bertz CT molecular complexity index is 634. The van der Waals surface area contributed by atoms with Crippen LogP contribution in [0.4, 0.5) is 8.78 Å². The van der Waals surface area contributed by atoms with E-state index in [1.165, 1.54) is 18.2 Å². The maximum atomic E-state index is 13.9. The van der Waals surface area contributed by atoms with Gasteiger partial charge in [-0.25, -0.2) is 8.78 Å². The third kappa shape index (κ3) is 4.25. The standard InChI is InChI=1S/C16H15BrClF2N/c1-2-21-16(13-6-5-12(19)9-14(13)17)7-10-3-4-11(18)8-15(10)20/h3-6,8-9,16,21H,2,7H2,1H3. The molecule has 21 heavy (non-hydrogen) atoms. The van der Waals surface area contributed by atoms with Gasteiger partial charge in [0.2, 0.25) is 0 Å². The summed E-state index contributed by atoms with van der Waals surface area (Å²) in [6, 6.07) is 9.07. The average molecular weight is 375 g/mol. The molecule has 0 aliphatic rings. The fraction of sp³-hybridized carbons (Fsp3) is 0.250. The van der Waals surface area contributed by atoms with E-state index in [0.717, 1.165) is 12.1 Å². The van der Waals surface area contributed by atoms with Gasteiger partial charge >= 0.3 is 0 Å². The summed E-state index contributed by atoms with van der Waals surface area (Å²) in [5.41, 5.74) is 1.47. The lowest BCUT2D eigenvalue weighted by molar-refractivity contribution is 0.525. The molecule has 0 radical (unpaired) electrons. The minimum absolute atomic E-state index is 0.111. The van der Waals surface area contributed by atoms with Crippen LogP contribution >= 0.6 is 27.5 Å². The third-order valence-electron chi connectivity index (χ3n) is 3.23. The molecule has 0 aromatic heterocycles. The zero-order valence-electron chi connectivity index (χ0n) is 11.5. The van der Waals surface area contributed by atoms with Gasteiger partial charge in [-0.15, -0.1) is 0 Å². The summed E-state index contributed by atoms with van der Waals surface area (Å²) in [4.78, 5) is 0. The first kappa shape index (κ1) is 16.4. The van der Waals surface area contributed by atoms with Crippen LogP contribution in [0, 0.1) is 11.6 Å². The first-order valence-electron chi connectivity index (χ1n) is 6.63. The van der Waals surface area contributed by atoms with Gasteiger partial charge in [0.25, 0.3) is 0 Å². The summed E-state index contributed by atoms with van der Waals surface area (Å²) in [6.45, 7) is 2.70. The van der Waals surface area contributed by atoms with E-state index in [9.17, 15) is 8.78 Å². The van der Waals surface area contributed by atoms with Crippen molar-refractivity contribution in [1.82, 2.24) is 5.32 Å². The van der Waals surface area contributed by atoms with Crippen LogP contribution < -0.4 is 5.32 Å². The molecule has 0 aliphatic carbocycles. The van der Waals surface area contributed by atoms with E-state index in [4.69, 9.17) is 11.6 Å². The first-order chi connectivity index (χ1) is 10.0. The van der Waals surface area contributed by atoms with Gasteiger partial charge in [-0.3, -0.25) is 0 Å². The predicted molar refractivity (Wildman–Crippen MR) is 85.6 cm³/mol. The van der Waals surface area contributed by atoms with E-state index in [0.29, 0.717) is 21.5 Å². The molecule has 2 aromatic rings. The molecule has 0 bridgehead atoms. The Morgan fingerprint density at radius 3 is 2.57 bits per heavy atom. The molecular formula is C16H15BrClF2N. The first-order valence-corrected chi connectivity index (χ1v) is 7.80. The zero-order chi connectivity index (χ0) is 15.4. The topological polar surface area (TPSA) is 12.0 Å². The van der Waals surface area contributed by atoms with E-state index < -0.39 is 0 Å². The molecule has 2 rings (SSSR count). The van der Waals surface area contributed by atoms with Crippen molar-refractivity contribution in [3.63, 3.8) is 0 Å². The summed E-state index contributed by atoms with van der Waals surface area (Å²) >= 11 is 9.14. The second-order valence-corrected chi connectivity index (χ2v) is 6.01. The molecule has 2 aromatic carbocycles. The summed E-state index contributed by atoms with van der Waals surface area (Å²) in [6.07, 6.45) is 0.459. The lowest BCUT2D eigenvalue weighted by Gasteiger charge is -2.20.